The molecule has 3 heterocycles. The van der Waals surface area contributed by atoms with Crippen molar-refractivity contribution in [3.8, 4) is 23.0 Å². The first kappa shape index (κ1) is 22.1. The first-order chi connectivity index (χ1) is 15.9. The average molecular weight is 461 g/mol. The van der Waals surface area contributed by atoms with Crippen LogP contribution in [0.15, 0.2) is 39.1 Å². The van der Waals surface area contributed by atoms with Crippen molar-refractivity contribution in [2.45, 2.75) is 59.2 Å². The number of fused-ring (bicyclic) bond motifs is 5. The second-order valence-corrected chi connectivity index (χ2v) is 10.3. The number of hydrogen-bond donors (Lipinski definition) is 2. The lowest BCUT2D eigenvalue weighted by Gasteiger charge is -2.30. The summed E-state index contributed by atoms with van der Waals surface area (Å²) in [5.74, 6) is 0.426. The van der Waals surface area contributed by atoms with Gasteiger partial charge in [0.2, 0.25) is 5.43 Å². The number of phenolic OH excluding ortho intramolecular Hbond substituents is 2. The molecule has 2 aliphatic rings. The fourth-order valence-electron chi connectivity index (χ4n) is 4.45. The predicted octanol–water partition coefficient (Wildman–Crippen LogP) is 6.23. The second kappa shape index (κ2) is 7.16. The Labute approximate surface area is 197 Å². The SMILES string of the molecule is CC(C)=CCc1c(O)c2c(c3c(=O)c4c(O)c5c(cc4oc13)OC(C)(C)C=C5)C=CC(C)(C)O2. The standard InChI is InChI=1S/C28H28O6/c1-14(2)7-8-17-23(30)26-16(10-12-28(5,6)34-26)20-24(31)21-19(32-25(17)20)13-18-15(22(21)29)9-11-27(3,4)33-18/h7,9-13,29-30H,8H2,1-6H3. The summed E-state index contributed by atoms with van der Waals surface area (Å²) in [6.07, 6.45) is 9.50. The molecule has 2 N–H and O–H groups in total. The van der Waals surface area contributed by atoms with E-state index in [1.165, 1.54) is 0 Å². The maximum Gasteiger partial charge on any atom is 0.205 e. The van der Waals surface area contributed by atoms with Crippen molar-refractivity contribution >= 4 is 34.1 Å². The van der Waals surface area contributed by atoms with Crippen LogP contribution >= 0.6 is 0 Å². The molecule has 1 aromatic heterocycles. The van der Waals surface area contributed by atoms with Crippen molar-refractivity contribution in [1.82, 2.24) is 0 Å². The summed E-state index contributed by atoms with van der Waals surface area (Å²) in [6.45, 7) is 11.5. The van der Waals surface area contributed by atoms with E-state index in [2.05, 4.69) is 0 Å². The molecule has 6 nitrogen and oxygen atoms in total. The highest BCUT2D eigenvalue weighted by molar-refractivity contribution is 6.03. The van der Waals surface area contributed by atoms with Gasteiger partial charge in [0.1, 0.15) is 39.3 Å². The summed E-state index contributed by atoms with van der Waals surface area (Å²) < 4.78 is 18.4. The van der Waals surface area contributed by atoms with E-state index in [-0.39, 0.29) is 39.2 Å². The van der Waals surface area contributed by atoms with E-state index in [1.54, 1.807) is 18.2 Å². The largest absolute Gasteiger partial charge is 0.506 e. The molecular weight excluding hydrogens is 432 g/mol. The van der Waals surface area contributed by atoms with Crippen LogP contribution in [0.3, 0.4) is 0 Å². The molecule has 34 heavy (non-hydrogen) atoms. The van der Waals surface area contributed by atoms with E-state index in [1.807, 2.05) is 59.8 Å². The molecule has 6 heteroatoms. The number of phenols is 2. The smallest absolute Gasteiger partial charge is 0.205 e. The van der Waals surface area contributed by atoms with Gasteiger partial charge in [0.05, 0.1) is 10.9 Å². The van der Waals surface area contributed by atoms with Crippen LogP contribution in [0.25, 0.3) is 34.1 Å². The van der Waals surface area contributed by atoms with Crippen molar-refractivity contribution in [1.29, 1.82) is 0 Å². The Hall–Kier alpha value is -3.67. The van der Waals surface area contributed by atoms with Gasteiger partial charge in [0.25, 0.3) is 0 Å². The van der Waals surface area contributed by atoms with Gasteiger partial charge in [-0.25, -0.2) is 0 Å². The van der Waals surface area contributed by atoms with Crippen molar-refractivity contribution < 1.29 is 24.1 Å². The van der Waals surface area contributed by atoms with Crippen LogP contribution in [0.5, 0.6) is 23.0 Å². The normalized spacial score (nSPS) is 17.1. The minimum absolute atomic E-state index is 0.0533. The van der Waals surface area contributed by atoms with E-state index in [0.29, 0.717) is 28.9 Å². The summed E-state index contributed by atoms with van der Waals surface area (Å²) in [6, 6.07) is 1.63. The Morgan fingerprint density at radius 2 is 1.59 bits per heavy atom. The summed E-state index contributed by atoms with van der Waals surface area (Å²) in [5.41, 5.74) is 1.24. The van der Waals surface area contributed by atoms with Gasteiger partial charge in [-0.3, -0.25) is 4.79 Å². The van der Waals surface area contributed by atoms with Crippen LogP contribution in [0.4, 0.5) is 0 Å². The van der Waals surface area contributed by atoms with Gasteiger partial charge < -0.3 is 24.1 Å². The highest BCUT2D eigenvalue weighted by atomic mass is 16.5. The first-order valence-electron chi connectivity index (χ1n) is 11.3. The van der Waals surface area contributed by atoms with Crippen LogP contribution in [0.2, 0.25) is 0 Å². The maximum atomic E-state index is 13.9. The zero-order valence-electron chi connectivity index (χ0n) is 20.2. The highest BCUT2D eigenvalue weighted by Gasteiger charge is 2.32. The third kappa shape index (κ3) is 3.36. The molecule has 3 aromatic rings. The lowest BCUT2D eigenvalue weighted by molar-refractivity contribution is 0.153. The lowest BCUT2D eigenvalue weighted by Crippen LogP contribution is -2.28. The van der Waals surface area contributed by atoms with Gasteiger partial charge in [0.15, 0.2) is 11.5 Å². The van der Waals surface area contributed by atoms with Crippen LogP contribution < -0.4 is 14.9 Å². The molecule has 0 atom stereocenters. The van der Waals surface area contributed by atoms with Crippen molar-refractivity contribution in [2.75, 3.05) is 0 Å². The minimum Gasteiger partial charge on any atom is -0.506 e. The first-order valence-corrected chi connectivity index (χ1v) is 11.3. The third-order valence-corrected chi connectivity index (χ3v) is 6.20. The summed E-state index contributed by atoms with van der Waals surface area (Å²) in [5, 5.41) is 22.6. The molecule has 0 amide bonds. The van der Waals surface area contributed by atoms with E-state index in [4.69, 9.17) is 13.9 Å². The van der Waals surface area contributed by atoms with Crippen LogP contribution in [0, 0.1) is 0 Å². The quantitative estimate of drug-likeness (QED) is 0.348. The maximum absolute atomic E-state index is 13.9. The molecule has 0 aliphatic carbocycles. The number of hydrogen-bond acceptors (Lipinski definition) is 6. The van der Waals surface area contributed by atoms with E-state index < -0.39 is 16.6 Å². The molecule has 176 valence electrons. The Morgan fingerprint density at radius 3 is 2.26 bits per heavy atom. The summed E-state index contributed by atoms with van der Waals surface area (Å²) >= 11 is 0. The topological polar surface area (TPSA) is 89.1 Å². The monoisotopic (exact) mass is 460 g/mol. The zero-order valence-corrected chi connectivity index (χ0v) is 20.2. The fraction of sp³-hybridized carbons (Fsp3) is 0.321. The van der Waals surface area contributed by atoms with E-state index in [0.717, 1.165) is 5.57 Å². The fourth-order valence-corrected chi connectivity index (χ4v) is 4.45. The Kier molecular flexibility index (Phi) is 4.66. The number of rotatable bonds is 2. The highest BCUT2D eigenvalue weighted by Crippen LogP contribution is 2.47. The van der Waals surface area contributed by atoms with Crippen molar-refractivity contribution in [2.24, 2.45) is 0 Å². The average Bonchev–Trinajstić information content (AvgIpc) is 2.72. The molecule has 0 spiro atoms. The van der Waals surface area contributed by atoms with Gasteiger partial charge in [-0.1, -0.05) is 17.7 Å². The Morgan fingerprint density at radius 1 is 0.941 bits per heavy atom. The molecule has 2 aliphatic heterocycles. The molecule has 0 unspecified atom stereocenters. The van der Waals surface area contributed by atoms with Gasteiger partial charge in [-0.2, -0.15) is 0 Å². The van der Waals surface area contributed by atoms with E-state index >= 15 is 0 Å². The Balaban J connectivity index is 1.93. The molecule has 0 saturated heterocycles. The Bertz CT molecular complexity index is 1520. The molecule has 2 aromatic carbocycles. The zero-order chi connectivity index (χ0) is 24.6. The molecular formula is C28H28O6. The van der Waals surface area contributed by atoms with Crippen LogP contribution in [-0.4, -0.2) is 21.4 Å². The third-order valence-electron chi connectivity index (χ3n) is 6.20. The number of aromatic hydroxyl groups is 2. The molecule has 0 saturated carbocycles. The van der Waals surface area contributed by atoms with Gasteiger partial charge in [0, 0.05) is 17.2 Å². The van der Waals surface area contributed by atoms with Crippen molar-refractivity contribution in [3.05, 3.63) is 56.8 Å². The summed E-state index contributed by atoms with van der Waals surface area (Å²) in [7, 11) is 0. The van der Waals surface area contributed by atoms with Crippen LogP contribution in [-0.2, 0) is 6.42 Å². The lowest BCUT2D eigenvalue weighted by atomic mass is 9.93. The number of ether oxygens (including phenoxy) is 2. The van der Waals surface area contributed by atoms with E-state index in [9.17, 15) is 15.0 Å². The van der Waals surface area contributed by atoms with Gasteiger partial charge in [-0.15, -0.1) is 0 Å². The molecule has 0 radical (unpaired) electrons. The van der Waals surface area contributed by atoms with Crippen LogP contribution in [0.1, 0.15) is 58.2 Å². The second-order valence-electron chi connectivity index (χ2n) is 10.3. The summed E-state index contributed by atoms with van der Waals surface area (Å²) in [4.78, 5) is 13.9. The molecule has 0 fully saturated rings. The minimum atomic E-state index is -0.654. The van der Waals surface area contributed by atoms with Gasteiger partial charge >= 0.3 is 0 Å². The van der Waals surface area contributed by atoms with Crippen molar-refractivity contribution in [3.63, 3.8) is 0 Å². The molecule has 5 rings (SSSR count). The predicted molar refractivity (Wildman–Crippen MR) is 134 cm³/mol. The van der Waals surface area contributed by atoms with Gasteiger partial charge in [-0.05, 0) is 66.2 Å². The number of benzene rings is 2. The number of allylic oxidation sites excluding steroid dienone is 2. The molecule has 0 bridgehead atoms.